The van der Waals surface area contributed by atoms with Gasteiger partial charge in [-0.3, -0.25) is 4.79 Å². The Morgan fingerprint density at radius 1 is 1.40 bits per heavy atom. The fourth-order valence-electron chi connectivity index (χ4n) is 2.62. The molecule has 1 aliphatic rings. The molecule has 1 atom stereocenters. The predicted molar refractivity (Wildman–Crippen MR) is 98.0 cm³/mol. The molecule has 10 heteroatoms. The highest BCUT2D eigenvalue weighted by molar-refractivity contribution is 9.10. The van der Waals surface area contributed by atoms with Gasteiger partial charge in [0.1, 0.15) is 0 Å². The van der Waals surface area contributed by atoms with Crippen LogP contribution in [-0.2, 0) is 14.6 Å². The van der Waals surface area contributed by atoms with Crippen LogP contribution in [0.2, 0.25) is 0 Å². The highest BCUT2D eigenvalue weighted by Crippen LogP contribution is 2.29. The topological polar surface area (TPSA) is 102 Å². The molecule has 134 valence electrons. The standard InChI is InChI=1S/C15H16BrN3O4S2/c1-15(6-7-25(21,22)9-15)17-12(20)8-24-14-19-18-13(23-14)10-4-2-3-5-11(10)16/h2-5H,6-9H2,1H3,(H,17,20). The van der Waals surface area contributed by atoms with Crippen LogP contribution < -0.4 is 5.32 Å². The van der Waals surface area contributed by atoms with Crippen LogP contribution in [-0.4, -0.2) is 47.3 Å². The molecule has 1 amide bonds. The van der Waals surface area contributed by atoms with E-state index in [1.807, 2.05) is 24.3 Å². The molecule has 0 radical (unpaired) electrons. The van der Waals surface area contributed by atoms with Gasteiger partial charge in [-0.2, -0.15) is 0 Å². The maximum atomic E-state index is 12.1. The SMILES string of the molecule is CC1(NC(=O)CSc2nnc(-c3ccccc3Br)o2)CCS(=O)(=O)C1. The number of hydrogen-bond acceptors (Lipinski definition) is 7. The molecule has 1 fully saturated rings. The lowest BCUT2D eigenvalue weighted by molar-refractivity contribution is -0.120. The first-order valence-electron chi connectivity index (χ1n) is 7.49. The summed E-state index contributed by atoms with van der Waals surface area (Å²) in [6.45, 7) is 1.75. The molecule has 1 saturated heterocycles. The van der Waals surface area contributed by atoms with Gasteiger partial charge in [0.25, 0.3) is 5.22 Å². The quantitative estimate of drug-likeness (QED) is 0.703. The Kier molecular flexibility index (Phi) is 5.21. The zero-order valence-corrected chi connectivity index (χ0v) is 16.6. The molecule has 25 heavy (non-hydrogen) atoms. The number of amides is 1. The largest absolute Gasteiger partial charge is 0.411 e. The molecule has 3 rings (SSSR count). The van der Waals surface area contributed by atoms with Gasteiger partial charge in [-0.05, 0) is 41.4 Å². The summed E-state index contributed by atoms with van der Waals surface area (Å²) in [4.78, 5) is 12.1. The molecule has 1 aromatic heterocycles. The van der Waals surface area contributed by atoms with Gasteiger partial charge in [0.05, 0.1) is 28.4 Å². The summed E-state index contributed by atoms with van der Waals surface area (Å²) >= 11 is 4.54. The van der Waals surface area contributed by atoms with Crippen LogP contribution in [0.1, 0.15) is 13.3 Å². The van der Waals surface area contributed by atoms with Gasteiger partial charge < -0.3 is 9.73 Å². The van der Waals surface area contributed by atoms with E-state index in [0.29, 0.717) is 12.3 Å². The minimum atomic E-state index is -3.06. The van der Waals surface area contributed by atoms with Gasteiger partial charge in [0, 0.05) is 4.47 Å². The molecule has 0 bridgehead atoms. The molecule has 1 N–H and O–H groups in total. The number of halogens is 1. The van der Waals surface area contributed by atoms with Crippen molar-refractivity contribution < 1.29 is 17.6 Å². The average Bonchev–Trinajstić information content (AvgIpc) is 3.10. The number of nitrogens with zero attached hydrogens (tertiary/aromatic N) is 2. The number of carbonyl (C=O) groups excluding carboxylic acids is 1. The van der Waals surface area contributed by atoms with E-state index in [2.05, 4.69) is 31.4 Å². The number of thioether (sulfide) groups is 1. The van der Waals surface area contributed by atoms with Crippen molar-refractivity contribution in [2.24, 2.45) is 0 Å². The Morgan fingerprint density at radius 3 is 2.84 bits per heavy atom. The lowest BCUT2D eigenvalue weighted by Gasteiger charge is -2.23. The Balaban J connectivity index is 1.58. The summed E-state index contributed by atoms with van der Waals surface area (Å²) in [6.07, 6.45) is 0.429. The molecule has 2 aromatic rings. The average molecular weight is 446 g/mol. The number of rotatable bonds is 5. The van der Waals surface area contributed by atoms with E-state index in [1.165, 1.54) is 0 Å². The highest BCUT2D eigenvalue weighted by atomic mass is 79.9. The lowest BCUT2D eigenvalue weighted by atomic mass is 10.0. The van der Waals surface area contributed by atoms with Crippen LogP contribution in [0.3, 0.4) is 0 Å². The summed E-state index contributed by atoms with van der Waals surface area (Å²) in [7, 11) is -3.06. The highest BCUT2D eigenvalue weighted by Gasteiger charge is 2.39. The molecule has 0 aliphatic carbocycles. The molecule has 0 spiro atoms. The van der Waals surface area contributed by atoms with E-state index >= 15 is 0 Å². The van der Waals surface area contributed by atoms with Gasteiger partial charge >= 0.3 is 0 Å². The van der Waals surface area contributed by atoms with Crippen LogP contribution in [0.15, 0.2) is 38.4 Å². The summed E-state index contributed by atoms with van der Waals surface area (Å²) in [5.41, 5.74) is 0.0701. The number of hydrogen-bond donors (Lipinski definition) is 1. The van der Waals surface area contributed by atoms with E-state index in [4.69, 9.17) is 4.42 Å². The Hall–Kier alpha value is -1.39. The van der Waals surface area contributed by atoms with Crippen molar-refractivity contribution in [2.75, 3.05) is 17.3 Å². The maximum absolute atomic E-state index is 12.1. The third-order valence-corrected chi connectivity index (χ3v) is 7.20. The third kappa shape index (κ3) is 4.62. The predicted octanol–water partition coefficient (Wildman–Crippen LogP) is 2.28. The number of carbonyl (C=O) groups is 1. The smallest absolute Gasteiger partial charge is 0.277 e. The Labute approximate surface area is 158 Å². The van der Waals surface area contributed by atoms with E-state index in [9.17, 15) is 13.2 Å². The molecule has 1 aromatic carbocycles. The first-order valence-corrected chi connectivity index (χ1v) is 11.1. The summed E-state index contributed by atoms with van der Waals surface area (Å²) < 4.78 is 29.6. The first-order chi connectivity index (χ1) is 11.8. The van der Waals surface area contributed by atoms with Gasteiger partial charge in [-0.25, -0.2) is 8.42 Å². The minimum absolute atomic E-state index is 0.0247. The summed E-state index contributed by atoms with van der Waals surface area (Å²) in [5, 5.41) is 11.0. The van der Waals surface area contributed by atoms with Crippen molar-refractivity contribution in [1.29, 1.82) is 0 Å². The summed E-state index contributed by atoms with van der Waals surface area (Å²) in [5.74, 6) is 0.265. The molecule has 0 saturated carbocycles. The van der Waals surface area contributed by atoms with Gasteiger partial charge in [-0.15, -0.1) is 10.2 Å². The van der Waals surface area contributed by atoms with Crippen LogP contribution in [0, 0.1) is 0 Å². The first kappa shape index (κ1) is 18.4. The van der Waals surface area contributed by atoms with Crippen molar-refractivity contribution in [3.63, 3.8) is 0 Å². The second-order valence-corrected chi connectivity index (χ2v) is 10.1. The van der Waals surface area contributed by atoms with E-state index in [1.54, 1.807) is 6.92 Å². The minimum Gasteiger partial charge on any atom is -0.411 e. The van der Waals surface area contributed by atoms with Crippen molar-refractivity contribution in [2.45, 2.75) is 24.1 Å². The van der Waals surface area contributed by atoms with Crippen molar-refractivity contribution >= 4 is 43.4 Å². The van der Waals surface area contributed by atoms with Crippen molar-refractivity contribution in [3.05, 3.63) is 28.7 Å². The van der Waals surface area contributed by atoms with Crippen molar-refractivity contribution in [1.82, 2.24) is 15.5 Å². The van der Waals surface area contributed by atoms with Gasteiger partial charge in [0.15, 0.2) is 9.84 Å². The van der Waals surface area contributed by atoms with Gasteiger partial charge in [-0.1, -0.05) is 23.9 Å². The summed E-state index contributed by atoms with van der Waals surface area (Å²) in [6, 6.07) is 7.46. The zero-order chi connectivity index (χ0) is 18.1. The van der Waals surface area contributed by atoms with E-state index in [-0.39, 0.29) is 28.4 Å². The normalized spacial score (nSPS) is 22.0. The number of sulfone groups is 1. The van der Waals surface area contributed by atoms with Crippen molar-refractivity contribution in [3.8, 4) is 11.5 Å². The molecular weight excluding hydrogens is 430 g/mol. The second kappa shape index (κ2) is 7.08. The van der Waals surface area contributed by atoms with Gasteiger partial charge in [0.2, 0.25) is 11.8 Å². The van der Waals surface area contributed by atoms with E-state index in [0.717, 1.165) is 21.8 Å². The fraction of sp³-hybridized carbons (Fsp3) is 0.400. The lowest BCUT2D eigenvalue weighted by Crippen LogP contribution is -2.47. The molecule has 7 nitrogen and oxygen atoms in total. The number of nitrogens with one attached hydrogen (secondary N) is 1. The Morgan fingerprint density at radius 2 is 2.16 bits per heavy atom. The zero-order valence-electron chi connectivity index (χ0n) is 13.4. The Bertz CT molecular complexity index is 900. The second-order valence-electron chi connectivity index (χ2n) is 6.09. The third-order valence-electron chi connectivity index (χ3n) is 3.78. The van der Waals surface area contributed by atoms with E-state index < -0.39 is 15.4 Å². The van der Waals surface area contributed by atoms with Crippen LogP contribution in [0.4, 0.5) is 0 Å². The number of aromatic nitrogens is 2. The van der Waals surface area contributed by atoms with Crippen LogP contribution >= 0.6 is 27.7 Å². The number of benzene rings is 1. The monoisotopic (exact) mass is 445 g/mol. The maximum Gasteiger partial charge on any atom is 0.277 e. The molecule has 1 unspecified atom stereocenters. The van der Waals surface area contributed by atoms with Crippen LogP contribution in [0.5, 0.6) is 0 Å². The molecule has 2 heterocycles. The van der Waals surface area contributed by atoms with Crippen LogP contribution in [0.25, 0.3) is 11.5 Å². The molecular formula is C15H16BrN3O4S2. The molecule has 1 aliphatic heterocycles. The fourth-order valence-corrected chi connectivity index (χ4v) is 5.73.